The fourth-order valence-electron chi connectivity index (χ4n) is 5.24. The number of rotatable bonds is 12. The third-order valence-electron chi connectivity index (χ3n) is 7.11. The third kappa shape index (κ3) is 5.52. The lowest BCUT2D eigenvalue weighted by atomic mass is 10.1. The van der Waals surface area contributed by atoms with Crippen molar-refractivity contribution >= 4 is 33.7 Å². The van der Waals surface area contributed by atoms with Crippen molar-refractivity contribution in [3.8, 4) is 5.88 Å². The maximum Gasteiger partial charge on any atom is 0.222 e. The van der Waals surface area contributed by atoms with Gasteiger partial charge in [0.05, 0.1) is 38.4 Å². The highest BCUT2D eigenvalue weighted by Crippen LogP contribution is 2.34. The molecule has 4 aromatic rings. The number of pyridine rings is 1. The molecule has 2 atom stereocenters. The SMILES string of the molecule is CCC[C@@H](CO)Nc1nc(N)nc2c3ccccc3n(Cc3cc(CNC[C@@H]4CCOC4)cnc3OC)c12. The Morgan fingerprint density at radius 1 is 1.29 bits per heavy atom. The Hall–Kier alpha value is -3.47. The van der Waals surface area contributed by atoms with Gasteiger partial charge in [0.25, 0.3) is 0 Å². The van der Waals surface area contributed by atoms with Crippen molar-refractivity contribution in [2.45, 2.75) is 45.3 Å². The summed E-state index contributed by atoms with van der Waals surface area (Å²) in [5.74, 6) is 1.94. The molecular formula is C28H37N7O3. The number of nitrogens with zero attached hydrogens (tertiary/aromatic N) is 4. The normalized spacial score (nSPS) is 16.3. The zero-order valence-corrected chi connectivity index (χ0v) is 22.1. The van der Waals surface area contributed by atoms with Crippen molar-refractivity contribution in [3.05, 3.63) is 47.7 Å². The number of ether oxygens (including phenoxy) is 2. The van der Waals surface area contributed by atoms with Crippen LogP contribution in [0.2, 0.25) is 0 Å². The van der Waals surface area contributed by atoms with Crippen LogP contribution < -0.4 is 21.1 Å². The average molecular weight is 520 g/mol. The van der Waals surface area contributed by atoms with Crippen LogP contribution in [0.5, 0.6) is 5.88 Å². The molecule has 5 N–H and O–H groups in total. The molecule has 1 saturated heterocycles. The molecule has 0 aliphatic carbocycles. The number of hydrogen-bond donors (Lipinski definition) is 4. The van der Waals surface area contributed by atoms with Gasteiger partial charge in [-0.25, -0.2) is 9.97 Å². The van der Waals surface area contributed by atoms with Crippen LogP contribution in [0, 0.1) is 5.92 Å². The molecule has 38 heavy (non-hydrogen) atoms. The van der Waals surface area contributed by atoms with Crippen LogP contribution in [0.25, 0.3) is 21.9 Å². The summed E-state index contributed by atoms with van der Waals surface area (Å²) in [6.07, 6.45) is 4.70. The molecule has 3 aromatic heterocycles. The van der Waals surface area contributed by atoms with Crippen LogP contribution in [-0.4, -0.2) is 64.1 Å². The molecule has 0 amide bonds. The number of aliphatic hydroxyl groups is 1. The predicted octanol–water partition coefficient (Wildman–Crippen LogP) is 3.32. The maximum absolute atomic E-state index is 9.96. The Labute approximate surface area is 222 Å². The van der Waals surface area contributed by atoms with Gasteiger partial charge >= 0.3 is 0 Å². The highest BCUT2D eigenvalue weighted by molar-refractivity contribution is 6.09. The summed E-state index contributed by atoms with van der Waals surface area (Å²) in [6.45, 7) is 5.91. The standard InChI is InChI=1S/C28H37N7O3/c1-3-6-21(16-36)32-26-25-24(33-28(29)34-26)22-7-4-5-8-23(22)35(25)15-20-11-19(14-31-27(20)37-2)13-30-12-18-9-10-38-17-18/h4-5,7-8,11,14,18,21,30,36H,3,6,9-10,12-13,15-17H2,1-2H3,(H3,29,32,33,34)/t18-,21-/m0/s1. The molecule has 0 bridgehead atoms. The first-order valence-electron chi connectivity index (χ1n) is 13.3. The average Bonchev–Trinajstić information content (AvgIpc) is 3.55. The zero-order chi connectivity index (χ0) is 26.5. The van der Waals surface area contributed by atoms with Gasteiger partial charge in [-0.15, -0.1) is 0 Å². The number of aliphatic hydroxyl groups excluding tert-OH is 1. The number of fused-ring (bicyclic) bond motifs is 3. The molecule has 1 fully saturated rings. The van der Waals surface area contributed by atoms with E-state index in [1.807, 2.05) is 24.4 Å². The van der Waals surface area contributed by atoms with E-state index in [1.165, 1.54) is 0 Å². The lowest BCUT2D eigenvalue weighted by Crippen LogP contribution is -2.25. The van der Waals surface area contributed by atoms with Crippen LogP contribution >= 0.6 is 0 Å². The van der Waals surface area contributed by atoms with Gasteiger partial charge in [0.1, 0.15) is 11.0 Å². The molecule has 202 valence electrons. The highest BCUT2D eigenvalue weighted by Gasteiger charge is 2.21. The smallest absolute Gasteiger partial charge is 0.222 e. The van der Waals surface area contributed by atoms with E-state index >= 15 is 0 Å². The van der Waals surface area contributed by atoms with E-state index in [-0.39, 0.29) is 18.6 Å². The Kier molecular flexibility index (Phi) is 8.21. The molecule has 0 spiro atoms. The number of para-hydroxylation sites is 1. The lowest BCUT2D eigenvalue weighted by Gasteiger charge is -2.18. The molecule has 10 heteroatoms. The fraction of sp³-hybridized carbons (Fsp3) is 0.464. The molecule has 0 radical (unpaired) electrons. The molecule has 10 nitrogen and oxygen atoms in total. The minimum atomic E-state index is -0.139. The Balaban J connectivity index is 1.53. The van der Waals surface area contributed by atoms with Crippen LogP contribution in [0.1, 0.15) is 37.3 Å². The summed E-state index contributed by atoms with van der Waals surface area (Å²) in [5.41, 5.74) is 10.8. The van der Waals surface area contributed by atoms with Crippen LogP contribution in [0.15, 0.2) is 36.5 Å². The van der Waals surface area contributed by atoms with Gasteiger partial charge in [0.2, 0.25) is 11.8 Å². The van der Waals surface area contributed by atoms with Gasteiger partial charge in [0.15, 0.2) is 5.82 Å². The van der Waals surface area contributed by atoms with Crippen LogP contribution in [-0.2, 0) is 17.8 Å². The maximum atomic E-state index is 9.96. The monoisotopic (exact) mass is 519 g/mol. The lowest BCUT2D eigenvalue weighted by molar-refractivity contribution is 0.185. The van der Waals surface area contributed by atoms with Gasteiger partial charge in [-0.1, -0.05) is 31.5 Å². The number of hydrogen-bond acceptors (Lipinski definition) is 9. The summed E-state index contributed by atoms with van der Waals surface area (Å²) >= 11 is 0. The zero-order valence-electron chi connectivity index (χ0n) is 22.1. The van der Waals surface area contributed by atoms with Gasteiger partial charge in [-0.3, -0.25) is 0 Å². The Morgan fingerprint density at radius 3 is 2.92 bits per heavy atom. The number of anilines is 2. The van der Waals surface area contributed by atoms with Crippen molar-refractivity contribution < 1.29 is 14.6 Å². The van der Waals surface area contributed by atoms with E-state index in [9.17, 15) is 5.11 Å². The Morgan fingerprint density at radius 2 is 2.16 bits per heavy atom. The summed E-state index contributed by atoms with van der Waals surface area (Å²) < 4.78 is 13.3. The Bertz CT molecular complexity index is 1380. The summed E-state index contributed by atoms with van der Waals surface area (Å²) in [7, 11) is 1.64. The van der Waals surface area contributed by atoms with Crippen molar-refractivity contribution in [2.75, 3.05) is 44.5 Å². The quantitative estimate of drug-likeness (QED) is 0.222. The topological polar surface area (TPSA) is 132 Å². The molecule has 0 unspecified atom stereocenters. The van der Waals surface area contributed by atoms with E-state index in [0.717, 1.165) is 78.6 Å². The molecular weight excluding hydrogens is 482 g/mol. The molecule has 1 aliphatic heterocycles. The summed E-state index contributed by atoms with van der Waals surface area (Å²) in [5, 5.41) is 17.9. The second kappa shape index (κ2) is 11.9. The van der Waals surface area contributed by atoms with Crippen molar-refractivity contribution in [1.82, 2.24) is 24.8 Å². The van der Waals surface area contributed by atoms with E-state index in [2.05, 4.69) is 49.2 Å². The van der Waals surface area contributed by atoms with Crippen molar-refractivity contribution in [3.63, 3.8) is 0 Å². The number of aromatic nitrogens is 4. The van der Waals surface area contributed by atoms with Gasteiger partial charge in [-0.05, 0) is 36.5 Å². The molecule has 0 saturated carbocycles. The van der Waals surface area contributed by atoms with E-state index in [0.29, 0.717) is 24.2 Å². The first-order valence-corrected chi connectivity index (χ1v) is 13.3. The first-order chi connectivity index (χ1) is 18.6. The van der Waals surface area contributed by atoms with Gasteiger partial charge < -0.3 is 35.5 Å². The minimum absolute atomic E-state index is 0.000754. The van der Waals surface area contributed by atoms with E-state index < -0.39 is 0 Å². The summed E-state index contributed by atoms with van der Waals surface area (Å²) in [4.78, 5) is 13.8. The highest BCUT2D eigenvalue weighted by atomic mass is 16.5. The van der Waals surface area contributed by atoms with Crippen molar-refractivity contribution in [1.29, 1.82) is 0 Å². The molecule has 4 heterocycles. The number of nitrogens with two attached hydrogens (primary N) is 1. The second-order valence-corrected chi connectivity index (χ2v) is 9.92. The predicted molar refractivity (Wildman–Crippen MR) is 149 cm³/mol. The van der Waals surface area contributed by atoms with Gasteiger partial charge in [-0.2, -0.15) is 4.98 Å². The fourth-order valence-corrected chi connectivity index (χ4v) is 5.24. The number of benzene rings is 1. The van der Waals surface area contributed by atoms with E-state index in [4.69, 9.17) is 15.2 Å². The van der Waals surface area contributed by atoms with E-state index in [1.54, 1.807) is 7.11 Å². The second-order valence-electron chi connectivity index (χ2n) is 9.92. The molecule has 1 aliphatic rings. The number of methoxy groups -OCH3 is 1. The minimum Gasteiger partial charge on any atom is -0.481 e. The molecule has 1 aromatic carbocycles. The first kappa shape index (κ1) is 26.1. The number of nitrogens with one attached hydrogen (secondary N) is 2. The third-order valence-corrected chi connectivity index (χ3v) is 7.11. The molecule has 5 rings (SSSR count). The largest absolute Gasteiger partial charge is 0.481 e. The summed E-state index contributed by atoms with van der Waals surface area (Å²) in [6, 6.07) is 10.1. The van der Waals surface area contributed by atoms with Crippen LogP contribution in [0.3, 0.4) is 0 Å². The van der Waals surface area contributed by atoms with Crippen LogP contribution in [0.4, 0.5) is 11.8 Å². The number of nitrogen functional groups attached to an aromatic ring is 1. The van der Waals surface area contributed by atoms with Crippen molar-refractivity contribution in [2.24, 2.45) is 5.92 Å². The van der Waals surface area contributed by atoms with Gasteiger partial charge in [0, 0.05) is 36.8 Å².